The number of benzene rings is 11. The molecule has 0 fully saturated rings. The van der Waals surface area contributed by atoms with E-state index in [1.165, 1.54) is 31.1 Å². The van der Waals surface area contributed by atoms with Crippen molar-refractivity contribution in [3.8, 4) is 11.4 Å². The van der Waals surface area contributed by atoms with Gasteiger partial charge in [-0.05, 0) is 83.9 Å². The molecule has 0 aliphatic rings. The number of nitrogens with zero attached hydrogens (tertiary/aromatic N) is 2. The first kappa shape index (κ1) is 35.6. The van der Waals surface area contributed by atoms with Gasteiger partial charge in [-0.15, -0.1) is 0 Å². The maximum atomic E-state index is 10.2. The summed E-state index contributed by atoms with van der Waals surface area (Å²) in [6.45, 7) is 0. The standard InChI is InChI=1S/C66H48N2Si2/c1-7-27-51(28-8-1)69(52-29-9-2-10-30-52,53-31-11-3-12-32-53)57-39-23-25-49(47-57)67-63-44-22-20-42-61(63)65-64(67)46-45-60-59-41-19-21-43-62(59)68(66(60)65)50-26-24-40-58(48-50)70(54-33-13-4-14-34-54,55-35-15-5-16-36-55)56-37-17-6-18-38-56/h1-48H/i20D,22D,42D,44D,45D,46D. The molecule has 0 unspecified atom stereocenters. The lowest BCUT2D eigenvalue weighted by Crippen LogP contribution is -2.74. The molecule has 0 aliphatic carbocycles. The Kier molecular flexibility index (Phi) is 8.74. The zero-order valence-electron chi connectivity index (χ0n) is 44.1. The van der Waals surface area contributed by atoms with Gasteiger partial charge in [-0.1, -0.05) is 249 Å². The first-order valence-corrected chi connectivity index (χ1v) is 27.8. The zero-order chi connectivity index (χ0) is 51.7. The van der Waals surface area contributed by atoms with Crippen LogP contribution in [0.1, 0.15) is 8.22 Å². The Labute approximate surface area is 419 Å². The number of hydrogen-bond acceptors (Lipinski definition) is 0. The molecule has 0 saturated heterocycles. The molecule has 0 amide bonds. The number of para-hydroxylation sites is 2. The van der Waals surface area contributed by atoms with Gasteiger partial charge in [0, 0.05) is 32.9 Å². The fourth-order valence-corrected chi connectivity index (χ4v) is 21.1. The molecule has 0 spiro atoms. The summed E-state index contributed by atoms with van der Waals surface area (Å²) in [6, 6.07) is 88.1. The van der Waals surface area contributed by atoms with E-state index in [0.717, 1.165) is 27.0 Å². The maximum Gasteiger partial charge on any atom is 0.179 e. The smallest absolute Gasteiger partial charge is 0.179 e. The summed E-state index contributed by atoms with van der Waals surface area (Å²) in [6.07, 6.45) is 0. The topological polar surface area (TPSA) is 9.86 Å². The molecule has 2 aromatic heterocycles. The molecular formula is C66H48N2Si2. The van der Waals surface area contributed by atoms with E-state index in [4.69, 9.17) is 0 Å². The largest absolute Gasteiger partial charge is 0.309 e. The molecule has 2 heterocycles. The third kappa shape index (κ3) is 6.38. The van der Waals surface area contributed by atoms with Gasteiger partial charge in [0.15, 0.2) is 16.1 Å². The summed E-state index contributed by atoms with van der Waals surface area (Å²) in [5, 5.41) is 11.5. The molecule has 0 radical (unpaired) electrons. The third-order valence-corrected chi connectivity index (χ3v) is 23.9. The van der Waals surface area contributed by atoms with E-state index < -0.39 is 16.1 Å². The van der Waals surface area contributed by atoms with E-state index in [-0.39, 0.29) is 41.8 Å². The quantitative estimate of drug-likeness (QED) is 0.0955. The van der Waals surface area contributed by atoms with Crippen LogP contribution in [-0.4, -0.2) is 25.3 Å². The summed E-state index contributed by atoms with van der Waals surface area (Å²) in [5.41, 5.74) is 3.46. The molecule has 11 aromatic carbocycles. The Bertz CT molecular complexity index is 4150. The van der Waals surface area contributed by atoms with Crippen LogP contribution in [0.2, 0.25) is 0 Å². The van der Waals surface area contributed by atoms with Crippen LogP contribution < -0.4 is 41.5 Å². The van der Waals surface area contributed by atoms with Crippen molar-refractivity contribution in [1.29, 1.82) is 0 Å². The predicted octanol–water partition coefficient (Wildman–Crippen LogP) is 10.6. The van der Waals surface area contributed by atoms with Gasteiger partial charge in [0.05, 0.1) is 30.3 Å². The summed E-state index contributed by atoms with van der Waals surface area (Å²) < 4.78 is 62.5. The Morgan fingerprint density at radius 1 is 0.271 bits per heavy atom. The van der Waals surface area contributed by atoms with Crippen LogP contribution in [0, 0.1) is 0 Å². The van der Waals surface area contributed by atoms with Crippen molar-refractivity contribution in [1.82, 2.24) is 9.13 Å². The van der Waals surface area contributed by atoms with E-state index in [1.807, 2.05) is 59.2 Å². The van der Waals surface area contributed by atoms with Gasteiger partial charge in [-0.25, -0.2) is 0 Å². The molecule has 70 heavy (non-hydrogen) atoms. The molecule has 2 nitrogen and oxygen atoms in total. The highest BCUT2D eigenvalue weighted by atomic mass is 28.3. The van der Waals surface area contributed by atoms with Crippen LogP contribution in [0.3, 0.4) is 0 Å². The fourth-order valence-electron chi connectivity index (χ4n) is 11.5. The maximum absolute atomic E-state index is 10.2. The van der Waals surface area contributed by atoms with Crippen molar-refractivity contribution in [2.75, 3.05) is 0 Å². The van der Waals surface area contributed by atoms with E-state index in [2.05, 4.69) is 205 Å². The molecule has 0 saturated carbocycles. The average molecular weight is 931 g/mol. The van der Waals surface area contributed by atoms with Crippen molar-refractivity contribution in [2.45, 2.75) is 0 Å². The first-order chi connectivity index (χ1) is 37.3. The van der Waals surface area contributed by atoms with E-state index in [1.54, 1.807) is 0 Å². The number of hydrogen-bond donors (Lipinski definition) is 0. The first-order valence-electron chi connectivity index (χ1n) is 26.8. The highest BCUT2D eigenvalue weighted by molar-refractivity contribution is 7.20. The highest BCUT2D eigenvalue weighted by Gasteiger charge is 2.43. The Morgan fingerprint density at radius 2 is 0.657 bits per heavy atom. The summed E-state index contributed by atoms with van der Waals surface area (Å²) in [4.78, 5) is 0. The fraction of sp³-hybridized carbons (Fsp3) is 0. The Balaban J connectivity index is 1.17. The predicted molar refractivity (Wildman–Crippen MR) is 302 cm³/mol. The van der Waals surface area contributed by atoms with Crippen molar-refractivity contribution in [3.63, 3.8) is 0 Å². The number of rotatable bonds is 10. The van der Waals surface area contributed by atoms with Gasteiger partial charge in [0.25, 0.3) is 0 Å². The lowest BCUT2D eigenvalue weighted by Gasteiger charge is -2.34. The van der Waals surface area contributed by atoms with E-state index >= 15 is 0 Å². The second-order valence-electron chi connectivity index (χ2n) is 17.9. The normalized spacial score (nSPS) is 13.2. The lowest BCUT2D eigenvalue weighted by atomic mass is 10.1. The van der Waals surface area contributed by atoms with Gasteiger partial charge in [0.2, 0.25) is 0 Å². The summed E-state index contributed by atoms with van der Waals surface area (Å²) in [7, 11) is -6.15. The lowest BCUT2D eigenvalue weighted by molar-refractivity contribution is 1.18. The molecule has 13 aromatic rings. The minimum absolute atomic E-state index is 0.00669. The van der Waals surface area contributed by atoms with Crippen molar-refractivity contribution < 1.29 is 8.22 Å². The molecule has 4 heteroatoms. The average Bonchev–Trinajstić information content (AvgIpc) is 4.21. The second kappa shape index (κ2) is 17.2. The van der Waals surface area contributed by atoms with Gasteiger partial charge in [0.1, 0.15) is 0 Å². The summed E-state index contributed by atoms with van der Waals surface area (Å²) >= 11 is 0. The summed E-state index contributed by atoms with van der Waals surface area (Å²) in [5.74, 6) is 0. The van der Waals surface area contributed by atoms with Crippen LogP contribution in [-0.2, 0) is 0 Å². The van der Waals surface area contributed by atoms with Crippen molar-refractivity contribution >= 4 is 101 Å². The molecule has 330 valence electrons. The monoisotopic (exact) mass is 930 g/mol. The molecule has 0 aliphatic heterocycles. The Hall–Kier alpha value is -8.55. The van der Waals surface area contributed by atoms with Gasteiger partial charge >= 0.3 is 0 Å². The highest BCUT2D eigenvalue weighted by Crippen LogP contribution is 2.42. The van der Waals surface area contributed by atoms with Gasteiger partial charge in [-0.3, -0.25) is 0 Å². The third-order valence-electron chi connectivity index (χ3n) is 14.3. The minimum Gasteiger partial charge on any atom is -0.309 e. The van der Waals surface area contributed by atoms with Crippen molar-refractivity contribution in [3.05, 3.63) is 291 Å². The molecule has 0 atom stereocenters. The van der Waals surface area contributed by atoms with Gasteiger partial charge in [-0.2, -0.15) is 0 Å². The van der Waals surface area contributed by atoms with Crippen LogP contribution >= 0.6 is 0 Å². The molecular weight excluding hydrogens is 877 g/mol. The number of fused-ring (bicyclic) bond motifs is 7. The molecule has 0 bridgehead atoms. The van der Waals surface area contributed by atoms with E-state index in [0.29, 0.717) is 32.9 Å². The molecule has 13 rings (SSSR count). The van der Waals surface area contributed by atoms with E-state index in [9.17, 15) is 8.22 Å². The van der Waals surface area contributed by atoms with Crippen molar-refractivity contribution in [2.24, 2.45) is 0 Å². The van der Waals surface area contributed by atoms with Crippen LogP contribution in [0.5, 0.6) is 0 Å². The SMILES string of the molecule is [2H]c1c([2H])c([2H])c2c(c1[2H])c1c(c([2H])c([2H])c3c4ccccc4n(-c4cccc([Si](c5ccccc5)(c5ccccc5)c5ccccc5)c4)c31)n2-c1cccc([Si](c2ccccc2)(c2ccccc2)c2ccccc2)c1. The van der Waals surface area contributed by atoms with Crippen LogP contribution in [0.25, 0.3) is 55.0 Å². The van der Waals surface area contributed by atoms with Gasteiger partial charge < -0.3 is 9.13 Å². The van der Waals surface area contributed by atoms with Crippen LogP contribution in [0.4, 0.5) is 0 Å². The minimum atomic E-state index is -3.11. The van der Waals surface area contributed by atoms with Crippen LogP contribution in [0.15, 0.2) is 291 Å². The second-order valence-corrected chi connectivity index (χ2v) is 25.5. The Morgan fingerprint density at radius 3 is 1.11 bits per heavy atom. The molecule has 0 N–H and O–H groups in total. The number of aromatic nitrogens is 2. The zero-order valence-corrected chi connectivity index (χ0v) is 40.1.